The number of rotatable bonds is 3. The Labute approximate surface area is 136 Å². The molecule has 1 heterocycles. The topological polar surface area (TPSA) is 67.4 Å². The summed E-state index contributed by atoms with van der Waals surface area (Å²) in [4.78, 5) is 24.7. The van der Waals surface area contributed by atoms with Crippen LogP contribution in [0, 0.1) is 0 Å². The fourth-order valence-corrected chi connectivity index (χ4v) is 2.83. The molecule has 2 N–H and O–H groups in total. The van der Waals surface area contributed by atoms with E-state index in [-0.39, 0.29) is 5.91 Å². The van der Waals surface area contributed by atoms with Crippen LogP contribution < -0.4 is 15.6 Å². The number of fused-ring (bicyclic) bond motifs is 1. The lowest BCUT2D eigenvalue weighted by atomic mass is 10.1. The molecule has 0 aliphatic rings. The number of amides is 2. The Morgan fingerprint density at radius 3 is 2.30 bits per heavy atom. The van der Waals surface area contributed by atoms with Gasteiger partial charge in [0.15, 0.2) is 0 Å². The maximum absolute atomic E-state index is 12.3. The van der Waals surface area contributed by atoms with Crippen molar-refractivity contribution in [1.82, 2.24) is 10.9 Å². The molecule has 1 aromatic heterocycles. The molecule has 23 heavy (non-hydrogen) atoms. The van der Waals surface area contributed by atoms with Crippen LogP contribution in [0.25, 0.3) is 10.8 Å². The Morgan fingerprint density at radius 2 is 1.65 bits per heavy atom. The van der Waals surface area contributed by atoms with Gasteiger partial charge in [0.1, 0.15) is 5.75 Å². The van der Waals surface area contributed by atoms with Gasteiger partial charge in [-0.15, -0.1) is 11.3 Å². The first-order valence-corrected chi connectivity index (χ1v) is 7.78. The third-order valence-electron chi connectivity index (χ3n) is 3.35. The van der Waals surface area contributed by atoms with Gasteiger partial charge in [-0.1, -0.05) is 30.3 Å². The lowest BCUT2D eigenvalue weighted by molar-refractivity contribution is 0.0847. The van der Waals surface area contributed by atoms with Crippen molar-refractivity contribution in [2.45, 2.75) is 0 Å². The number of thiophene rings is 1. The monoisotopic (exact) mass is 326 g/mol. The van der Waals surface area contributed by atoms with Gasteiger partial charge in [-0.25, -0.2) is 0 Å². The smallest absolute Gasteiger partial charge is 0.279 e. The van der Waals surface area contributed by atoms with E-state index in [4.69, 9.17) is 4.74 Å². The molecule has 2 aromatic carbocycles. The molecule has 5 nitrogen and oxygen atoms in total. The summed E-state index contributed by atoms with van der Waals surface area (Å²) in [6.07, 6.45) is 0. The molecule has 6 heteroatoms. The number of hydrogen-bond acceptors (Lipinski definition) is 4. The minimum absolute atomic E-state index is 0.354. The molecule has 0 spiro atoms. The number of carbonyl (C=O) groups excluding carboxylic acids is 2. The van der Waals surface area contributed by atoms with Crippen LogP contribution in [0.4, 0.5) is 0 Å². The highest BCUT2D eigenvalue weighted by molar-refractivity contribution is 7.12. The maximum Gasteiger partial charge on any atom is 0.279 e. The first kappa shape index (κ1) is 15.1. The highest BCUT2D eigenvalue weighted by atomic mass is 32.1. The van der Waals surface area contributed by atoms with E-state index in [0.717, 1.165) is 10.8 Å². The summed E-state index contributed by atoms with van der Waals surface area (Å²) in [6.45, 7) is 0. The lowest BCUT2D eigenvalue weighted by Gasteiger charge is -2.11. The Kier molecular flexibility index (Phi) is 4.25. The van der Waals surface area contributed by atoms with Gasteiger partial charge < -0.3 is 4.74 Å². The quantitative estimate of drug-likeness (QED) is 0.727. The zero-order valence-corrected chi connectivity index (χ0v) is 13.1. The highest BCUT2D eigenvalue weighted by Gasteiger charge is 2.15. The minimum atomic E-state index is -0.433. The van der Waals surface area contributed by atoms with E-state index in [0.29, 0.717) is 16.2 Å². The number of carbonyl (C=O) groups is 2. The normalized spacial score (nSPS) is 10.3. The van der Waals surface area contributed by atoms with Gasteiger partial charge in [0.05, 0.1) is 17.6 Å². The van der Waals surface area contributed by atoms with Crippen LogP contribution in [0.3, 0.4) is 0 Å². The van der Waals surface area contributed by atoms with E-state index in [9.17, 15) is 9.59 Å². The average molecular weight is 326 g/mol. The molecular formula is C17H14N2O3S. The van der Waals surface area contributed by atoms with Crippen LogP contribution in [-0.4, -0.2) is 18.9 Å². The summed E-state index contributed by atoms with van der Waals surface area (Å²) < 4.78 is 5.28. The van der Waals surface area contributed by atoms with E-state index in [2.05, 4.69) is 10.9 Å². The van der Waals surface area contributed by atoms with E-state index in [1.807, 2.05) is 24.3 Å². The Hall–Kier alpha value is -2.86. The van der Waals surface area contributed by atoms with Crippen LogP contribution in [0.1, 0.15) is 20.0 Å². The van der Waals surface area contributed by atoms with E-state index in [1.54, 1.807) is 29.6 Å². The molecule has 0 saturated carbocycles. The largest absolute Gasteiger partial charge is 0.496 e. The summed E-state index contributed by atoms with van der Waals surface area (Å²) >= 11 is 1.30. The highest BCUT2D eigenvalue weighted by Crippen LogP contribution is 2.25. The van der Waals surface area contributed by atoms with Gasteiger partial charge in [0.25, 0.3) is 11.8 Å². The van der Waals surface area contributed by atoms with Gasteiger partial charge in [-0.2, -0.15) is 0 Å². The Morgan fingerprint density at radius 1 is 0.957 bits per heavy atom. The number of ether oxygens (including phenoxy) is 1. The third-order valence-corrected chi connectivity index (χ3v) is 4.22. The Balaban J connectivity index is 1.81. The number of hydrogen-bond donors (Lipinski definition) is 2. The molecule has 0 bridgehead atoms. The Bertz CT molecular complexity index is 859. The molecule has 0 atom stereocenters. The molecule has 0 saturated heterocycles. The summed E-state index contributed by atoms with van der Waals surface area (Å²) in [5, 5.41) is 3.69. The van der Waals surface area contributed by atoms with Crippen LogP contribution in [0.2, 0.25) is 0 Å². The van der Waals surface area contributed by atoms with Crippen LogP contribution in [-0.2, 0) is 0 Å². The van der Waals surface area contributed by atoms with Crippen LogP contribution >= 0.6 is 11.3 Å². The molecule has 116 valence electrons. The van der Waals surface area contributed by atoms with Crippen molar-refractivity contribution >= 4 is 33.9 Å². The molecular weight excluding hydrogens is 312 g/mol. The summed E-state index contributed by atoms with van der Waals surface area (Å²) in [5.41, 5.74) is 5.17. The van der Waals surface area contributed by atoms with Crippen molar-refractivity contribution in [1.29, 1.82) is 0 Å². The van der Waals surface area contributed by atoms with Gasteiger partial charge in [-0.3, -0.25) is 20.4 Å². The maximum atomic E-state index is 12.3. The van der Waals surface area contributed by atoms with Gasteiger partial charge in [0.2, 0.25) is 0 Å². The molecule has 3 aromatic rings. The van der Waals surface area contributed by atoms with Crippen molar-refractivity contribution in [2.75, 3.05) is 7.11 Å². The second kappa shape index (κ2) is 6.50. The molecule has 0 radical (unpaired) electrons. The second-order valence-electron chi connectivity index (χ2n) is 4.79. The summed E-state index contributed by atoms with van der Waals surface area (Å²) in [7, 11) is 1.51. The fourth-order valence-electron chi connectivity index (χ4n) is 2.22. The summed E-state index contributed by atoms with van der Waals surface area (Å²) in [6, 6.07) is 14.7. The van der Waals surface area contributed by atoms with Crippen molar-refractivity contribution in [3.63, 3.8) is 0 Å². The number of benzene rings is 2. The van der Waals surface area contributed by atoms with Gasteiger partial charge in [-0.05, 0) is 34.4 Å². The molecule has 0 aliphatic heterocycles. The predicted octanol–water partition coefficient (Wildman–Crippen LogP) is 2.98. The SMILES string of the molecule is COc1cc2ccccc2cc1C(=O)NNC(=O)c1cccs1. The minimum Gasteiger partial charge on any atom is -0.496 e. The first-order chi connectivity index (χ1) is 11.2. The average Bonchev–Trinajstić information content (AvgIpc) is 3.12. The predicted molar refractivity (Wildman–Crippen MR) is 89.8 cm³/mol. The molecule has 0 fully saturated rings. The third kappa shape index (κ3) is 3.17. The van der Waals surface area contributed by atoms with Crippen molar-refractivity contribution in [3.8, 4) is 5.75 Å². The fraction of sp³-hybridized carbons (Fsp3) is 0.0588. The van der Waals surface area contributed by atoms with Gasteiger partial charge >= 0.3 is 0 Å². The van der Waals surface area contributed by atoms with Crippen molar-refractivity contribution in [3.05, 3.63) is 64.4 Å². The standard InChI is InChI=1S/C17H14N2O3S/c1-22-14-10-12-6-3-2-5-11(12)9-13(14)16(20)18-19-17(21)15-7-4-8-23-15/h2-10H,1H3,(H,18,20)(H,19,21). The van der Waals surface area contributed by atoms with Crippen molar-refractivity contribution in [2.24, 2.45) is 0 Å². The zero-order chi connectivity index (χ0) is 16.2. The first-order valence-electron chi connectivity index (χ1n) is 6.90. The van der Waals surface area contributed by atoms with Crippen LogP contribution in [0.5, 0.6) is 5.75 Å². The zero-order valence-electron chi connectivity index (χ0n) is 12.3. The summed E-state index contributed by atoms with van der Waals surface area (Å²) in [5.74, 6) is -0.336. The van der Waals surface area contributed by atoms with Crippen LogP contribution in [0.15, 0.2) is 53.9 Å². The van der Waals surface area contributed by atoms with Crippen molar-refractivity contribution < 1.29 is 14.3 Å². The van der Waals surface area contributed by atoms with E-state index < -0.39 is 5.91 Å². The molecule has 0 unspecified atom stereocenters. The van der Waals surface area contributed by atoms with E-state index >= 15 is 0 Å². The molecule has 2 amide bonds. The second-order valence-corrected chi connectivity index (χ2v) is 5.73. The molecule has 3 rings (SSSR count). The van der Waals surface area contributed by atoms with Gasteiger partial charge in [0, 0.05) is 0 Å². The molecule has 0 aliphatic carbocycles. The lowest BCUT2D eigenvalue weighted by Crippen LogP contribution is -2.41. The number of nitrogens with one attached hydrogen (secondary N) is 2. The van der Waals surface area contributed by atoms with E-state index in [1.165, 1.54) is 18.4 Å². The number of hydrazine groups is 1. The number of methoxy groups -OCH3 is 1.